The Hall–Kier alpha value is -2.52. The summed E-state index contributed by atoms with van der Waals surface area (Å²) in [6, 6.07) is 1.81. The number of aryl methyl sites for hydroxylation is 1. The fourth-order valence-corrected chi connectivity index (χ4v) is 5.13. The van der Waals surface area contributed by atoms with E-state index in [0.717, 1.165) is 48.3 Å². The Morgan fingerprint density at radius 2 is 2.15 bits per heavy atom. The number of carboxylic acid groups (broad SMARTS) is 1. The van der Waals surface area contributed by atoms with E-state index in [-0.39, 0.29) is 5.60 Å². The van der Waals surface area contributed by atoms with Crippen LogP contribution < -0.4 is 4.90 Å². The molecule has 0 aromatic carbocycles. The molecule has 0 aliphatic carbocycles. The Balaban J connectivity index is 1.40. The number of carbonyl (C=O) groups is 1. The first-order valence-electron chi connectivity index (χ1n) is 8.95. The standard InChI is InChI=1S/C18H19N5O3S/c1-22-10-20-15-12(22)9-19-17(21-15)23-5-3-18(4-6-23)11-8-14(16(24)25)27-13(11)2-7-26-18/h8-10H,2-7H2,1H3,(H,24,25). The van der Waals surface area contributed by atoms with Crippen molar-refractivity contribution in [1.29, 1.82) is 0 Å². The van der Waals surface area contributed by atoms with Gasteiger partial charge in [-0.1, -0.05) is 0 Å². The molecule has 2 aliphatic heterocycles. The third-order valence-electron chi connectivity index (χ3n) is 5.54. The van der Waals surface area contributed by atoms with E-state index in [9.17, 15) is 9.90 Å². The van der Waals surface area contributed by atoms with Crippen LogP contribution in [-0.4, -0.2) is 50.3 Å². The highest BCUT2D eigenvalue weighted by atomic mass is 32.1. The van der Waals surface area contributed by atoms with Crippen molar-refractivity contribution in [1.82, 2.24) is 19.5 Å². The first-order chi connectivity index (χ1) is 13.1. The summed E-state index contributed by atoms with van der Waals surface area (Å²) >= 11 is 1.38. The van der Waals surface area contributed by atoms with E-state index >= 15 is 0 Å². The van der Waals surface area contributed by atoms with Gasteiger partial charge < -0.3 is 19.3 Å². The quantitative estimate of drug-likeness (QED) is 0.723. The van der Waals surface area contributed by atoms with Crippen molar-refractivity contribution in [3.63, 3.8) is 0 Å². The number of aromatic nitrogens is 4. The fourth-order valence-electron chi connectivity index (χ4n) is 4.06. The van der Waals surface area contributed by atoms with Crippen LogP contribution in [0.5, 0.6) is 0 Å². The zero-order valence-electron chi connectivity index (χ0n) is 14.9. The number of hydrogen-bond donors (Lipinski definition) is 1. The number of carboxylic acids is 1. The minimum Gasteiger partial charge on any atom is -0.477 e. The van der Waals surface area contributed by atoms with Gasteiger partial charge in [0, 0.05) is 31.4 Å². The molecule has 8 nitrogen and oxygen atoms in total. The molecule has 1 saturated heterocycles. The van der Waals surface area contributed by atoms with Crippen LogP contribution >= 0.6 is 11.3 Å². The number of ether oxygens (including phenoxy) is 1. The number of hydrogen-bond acceptors (Lipinski definition) is 7. The van der Waals surface area contributed by atoms with E-state index in [4.69, 9.17) is 4.74 Å². The summed E-state index contributed by atoms with van der Waals surface area (Å²) < 4.78 is 8.12. The van der Waals surface area contributed by atoms with Crippen molar-refractivity contribution in [2.24, 2.45) is 7.05 Å². The summed E-state index contributed by atoms with van der Waals surface area (Å²) in [5.41, 5.74) is 2.29. The first-order valence-corrected chi connectivity index (χ1v) is 9.77. The van der Waals surface area contributed by atoms with Crippen molar-refractivity contribution in [2.45, 2.75) is 24.9 Å². The van der Waals surface area contributed by atoms with Gasteiger partial charge in [0.1, 0.15) is 10.4 Å². The van der Waals surface area contributed by atoms with Gasteiger partial charge in [0.15, 0.2) is 5.65 Å². The van der Waals surface area contributed by atoms with Crippen LogP contribution in [0, 0.1) is 0 Å². The van der Waals surface area contributed by atoms with Gasteiger partial charge >= 0.3 is 5.97 Å². The molecule has 0 amide bonds. The summed E-state index contributed by atoms with van der Waals surface area (Å²) in [6.07, 6.45) is 5.92. The van der Waals surface area contributed by atoms with Gasteiger partial charge in [-0.05, 0) is 24.5 Å². The maximum Gasteiger partial charge on any atom is 0.345 e. The van der Waals surface area contributed by atoms with Crippen LogP contribution in [0.15, 0.2) is 18.6 Å². The van der Waals surface area contributed by atoms with Gasteiger partial charge in [-0.15, -0.1) is 11.3 Å². The van der Waals surface area contributed by atoms with E-state index in [1.54, 1.807) is 6.33 Å². The van der Waals surface area contributed by atoms with Gasteiger partial charge in [-0.2, -0.15) is 4.98 Å². The summed E-state index contributed by atoms with van der Waals surface area (Å²) in [4.78, 5) is 28.5. The van der Waals surface area contributed by atoms with Crippen LogP contribution in [0.3, 0.4) is 0 Å². The summed E-state index contributed by atoms with van der Waals surface area (Å²) in [5.74, 6) is -0.178. The summed E-state index contributed by atoms with van der Waals surface area (Å²) in [7, 11) is 1.92. The Morgan fingerprint density at radius 1 is 1.33 bits per heavy atom. The second kappa shape index (κ2) is 6.00. The maximum absolute atomic E-state index is 11.4. The van der Waals surface area contributed by atoms with Crippen LogP contribution in [0.1, 0.15) is 33.0 Å². The topological polar surface area (TPSA) is 93.4 Å². The van der Waals surface area contributed by atoms with Crippen LogP contribution in [0.25, 0.3) is 11.2 Å². The van der Waals surface area contributed by atoms with Crippen molar-refractivity contribution in [3.8, 4) is 0 Å². The van der Waals surface area contributed by atoms with E-state index in [1.165, 1.54) is 11.3 Å². The van der Waals surface area contributed by atoms with Gasteiger partial charge in [-0.3, -0.25) is 0 Å². The second-order valence-corrected chi connectivity index (χ2v) is 8.20. The zero-order chi connectivity index (χ0) is 18.6. The lowest BCUT2D eigenvalue weighted by atomic mass is 9.82. The molecule has 140 valence electrons. The molecule has 2 aliphatic rings. The molecule has 5 heterocycles. The number of fused-ring (bicyclic) bond motifs is 3. The second-order valence-electron chi connectivity index (χ2n) is 7.07. The largest absolute Gasteiger partial charge is 0.477 e. The average molecular weight is 385 g/mol. The molecule has 3 aromatic heterocycles. The van der Waals surface area contributed by atoms with E-state index < -0.39 is 5.97 Å². The normalized spacial score (nSPS) is 18.8. The Bertz CT molecular complexity index is 1030. The molecule has 0 radical (unpaired) electrons. The molecule has 1 fully saturated rings. The number of aromatic carboxylic acids is 1. The van der Waals surface area contributed by atoms with Gasteiger partial charge in [-0.25, -0.2) is 14.8 Å². The summed E-state index contributed by atoms with van der Waals surface area (Å²) in [6.45, 7) is 2.16. The Kier molecular flexibility index (Phi) is 3.70. The van der Waals surface area contributed by atoms with Crippen molar-refractivity contribution in [3.05, 3.63) is 33.9 Å². The molecule has 1 spiro atoms. The Morgan fingerprint density at radius 3 is 2.93 bits per heavy atom. The maximum atomic E-state index is 11.4. The van der Waals surface area contributed by atoms with Gasteiger partial charge in [0.2, 0.25) is 5.95 Å². The minimum absolute atomic E-state index is 0.386. The van der Waals surface area contributed by atoms with Gasteiger partial charge in [0.25, 0.3) is 0 Å². The highest BCUT2D eigenvalue weighted by molar-refractivity contribution is 7.14. The average Bonchev–Trinajstić information content (AvgIpc) is 3.27. The zero-order valence-corrected chi connectivity index (χ0v) is 15.7. The number of anilines is 1. The predicted octanol–water partition coefficient (Wildman–Crippen LogP) is 2.19. The van der Waals surface area contributed by atoms with Crippen molar-refractivity contribution < 1.29 is 14.6 Å². The molecule has 1 N–H and O–H groups in total. The minimum atomic E-state index is -0.862. The molecule has 3 aromatic rings. The highest BCUT2D eigenvalue weighted by Crippen LogP contribution is 2.45. The van der Waals surface area contributed by atoms with Crippen LogP contribution in [0.2, 0.25) is 0 Å². The smallest absolute Gasteiger partial charge is 0.345 e. The summed E-state index contributed by atoms with van der Waals surface area (Å²) in [5, 5.41) is 9.34. The molecular weight excluding hydrogens is 366 g/mol. The molecule has 0 atom stereocenters. The van der Waals surface area contributed by atoms with E-state index in [0.29, 0.717) is 23.1 Å². The number of piperidine rings is 1. The Labute approximate surface area is 159 Å². The third-order valence-corrected chi connectivity index (χ3v) is 6.73. The monoisotopic (exact) mass is 385 g/mol. The molecule has 0 bridgehead atoms. The molecule has 0 unspecified atom stereocenters. The third kappa shape index (κ3) is 2.61. The molecule has 0 saturated carbocycles. The van der Waals surface area contributed by atoms with E-state index in [2.05, 4.69) is 19.9 Å². The molecular formula is C18H19N5O3S. The fraction of sp³-hybridized carbons (Fsp3) is 0.444. The number of imidazole rings is 1. The highest BCUT2D eigenvalue weighted by Gasteiger charge is 2.42. The molecule has 27 heavy (non-hydrogen) atoms. The SMILES string of the molecule is Cn1cnc2nc(N3CCC4(CC3)OCCc3sc(C(=O)O)cc34)ncc21. The number of nitrogens with zero attached hydrogens (tertiary/aromatic N) is 5. The first kappa shape index (κ1) is 16.6. The van der Waals surface area contributed by atoms with Crippen molar-refractivity contribution in [2.75, 3.05) is 24.6 Å². The lowest BCUT2D eigenvalue weighted by Gasteiger charge is -2.44. The lowest BCUT2D eigenvalue weighted by Crippen LogP contribution is -2.46. The van der Waals surface area contributed by atoms with Crippen molar-refractivity contribution >= 4 is 34.4 Å². The number of thiophene rings is 1. The van der Waals surface area contributed by atoms with Crippen LogP contribution in [-0.2, 0) is 23.8 Å². The molecule has 9 heteroatoms. The predicted molar refractivity (Wildman–Crippen MR) is 100 cm³/mol. The number of rotatable bonds is 2. The van der Waals surface area contributed by atoms with Gasteiger partial charge in [0.05, 0.1) is 24.7 Å². The van der Waals surface area contributed by atoms with E-state index in [1.807, 2.05) is 23.9 Å². The molecule has 5 rings (SSSR count). The van der Waals surface area contributed by atoms with Crippen LogP contribution in [0.4, 0.5) is 5.95 Å². The lowest BCUT2D eigenvalue weighted by molar-refractivity contribution is -0.0758.